The van der Waals surface area contributed by atoms with E-state index in [1.165, 1.54) is 48.3 Å². The van der Waals surface area contributed by atoms with Crippen LogP contribution in [0.25, 0.3) is 0 Å². The molecule has 3 rings (SSSR count). The zero-order chi connectivity index (χ0) is 20.1. The van der Waals surface area contributed by atoms with E-state index in [-0.39, 0.29) is 22.6 Å². The van der Waals surface area contributed by atoms with Crippen LogP contribution in [0.5, 0.6) is 0 Å². The van der Waals surface area contributed by atoms with E-state index in [1.807, 2.05) is 0 Å². The van der Waals surface area contributed by atoms with Crippen LogP contribution in [-0.4, -0.2) is 43.0 Å². The molecule has 0 radical (unpaired) electrons. The summed E-state index contributed by atoms with van der Waals surface area (Å²) < 4.78 is 27.7. The highest BCUT2D eigenvalue weighted by molar-refractivity contribution is 7.89. The molecular weight excluding hydrogens is 376 g/mol. The molecule has 6 nitrogen and oxygen atoms in total. The molecule has 1 aromatic rings. The van der Waals surface area contributed by atoms with Crippen molar-refractivity contribution in [3.05, 3.63) is 29.8 Å². The van der Waals surface area contributed by atoms with Gasteiger partial charge in [-0.1, -0.05) is 44.2 Å². The molecule has 1 amide bonds. The van der Waals surface area contributed by atoms with Crippen LogP contribution in [0.2, 0.25) is 0 Å². The largest absolute Gasteiger partial charge is 0.352 e. The van der Waals surface area contributed by atoms with Crippen LogP contribution < -0.4 is 5.32 Å². The molecule has 0 bridgehead atoms. The van der Waals surface area contributed by atoms with Gasteiger partial charge in [0.1, 0.15) is 6.04 Å². The van der Waals surface area contributed by atoms with Crippen LogP contribution in [0, 0.1) is 0 Å². The van der Waals surface area contributed by atoms with Gasteiger partial charge < -0.3 is 5.32 Å². The number of ketones is 1. The van der Waals surface area contributed by atoms with Gasteiger partial charge in [-0.3, -0.25) is 9.59 Å². The van der Waals surface area contributed by atoms with Crippen LogP contribution in [0.15, 0.2) is 29.2 Å². The van der Waals surface area contributed by atoms with Crippen molar-refractivity contribution in [2.75, 3.05) is 6.54 Å². The first-order valence-corrected chi connectivity index (χ1v) is 11.8. The first-order chi connectivity index (χ1) is 13.4. The maximum absolute atomic E-state index is 13.2. The standard InChI is InChI=1S/C21H30N2O4S/c1-16(24)17-11-13-19(14-12-17)28(26,27)23-15-7-6-10-20(23)21(25)22-18-8-4-2-3-5-9-18/h11-14,18,20H,2-10,15H2,1H3,(H,22,25). The minimum atomic E-state index is -3.79. The fourth-order valence-electron chi connectivity index (χ4n) is 4.17. The summed E-state index contributed by atoms with van der Waals surface area (Å²) in [5, 5.41) is 3.12. The van der Waals surface area contributed by atoms with Gasteiger partial charge in [0.05, 0.1) is 4.90 Å². The predicted molar refractivity (Wildman–Crippen MR) is 108 cm³/mol. The van der Waals surface area contributed by atoms with Crippen molar-refractivity contribution in [1.29, 1.82) is 0 Å². The molecule has 1 saturated carbocycles. The summed E-state index contributed by atoms with van der Waals surface area (Å²) in [5.74, 6) is -0.280. The highest BCUT2D eigenvalue weighted by atomic mass is 32.2. The van der Waals surface area contributed by atoms with E-state index >= 15 is 0 Å². The highest BCUT2D eigenvalue weighted by Crippen LogP contribution is 2.26. The zero-order valence-electron chi connectivity index (χ0n) is 16.5. The van der Waals surface area contributed by atoms with Gasteiger partial charge in [0.2, 0.25) is 15.9 Å². The number of carbonyl (C=O) groups is 2. The first kappa shape index (κ1) is 21.0. The van der Waals surface area contributed by atoms with Gasteiger partial charge in [-0.25, -0.2) is 8.42 Å². The number of amides is 1. The lowest BCUT2D eigenvalue weighted by Gasteiger charge is -2.34. The van der Waals surface area contributed by atoms with Crippen LogP contribution in [0.3, 0.4) is 0 Å². The fourth-order valence-corrected chi connectivity index (χ4v) is 5.83. The minimum absolute atomic E-state index is 0.109. The Labute approximate surface area is 167 Å². The fraction of sp³-hybridized carbons (Fsp3) is 0.619. The molecule has 2 fully saturated rings. The molecule has 1 saturated heterocycles. The van der Waals surface area contributed by atoms with Crippen LogP contribution in [0.4, 0.5) is 0 Å². The van der Waals surface area contributed by atoms with Crippen LogP contribution >= 0.6 is 0 Å². The van der Waals surface area contributed by atoms with Gasteiger partial charge in [-0.05, 0) is 44.7 Å². The Morgan fingerprint density at radius 3 is 2.14 bits per heavy atom. The summed E-state index contributed by atoms with van der Waals surface area (Å²) in [6.07, 6.45) is 8.70. The van der Waals surface area contributed by atoms with Gasteiger partial charge in [0, 0.05) is 18.2 Å². The molecule has 0 aromatic heterocycles. The number of benzene rings is 1. The summed E-state index contributed by atoms with van der Waals surface area (Å²) in [6, 6.07) is 5.47. The molecule has 1 aliphatic heterocycles. The van der Waals surface area contributed by atoms with Gasteiger partial charge in [-0.2, -0.15) is 4.31 Å². The molecule has 1 heterocycles. The molecule has 1 aliphatic carbocycles. The number of carbonyl (C=O) groups excluding carboxylic acids is 2. The third kappa shape index (κ3) is 4.81. The van der Waals surface area contributed by atoms with Crippen molar-refractivity contribution in [3.63, 3.8) is 0 Å². The average Bonchev–Trinajstić information content (AvgIpc) is 2.96. The van der Waals surface area contributed by atoms with Crippen molar-refractivity contribution < 1.29 is 18.0 Å². The molecule has 1 N–H and O–H groups in total. The molecule has 1 atom stereocenters. The van der Waals surface area contributed by atoms with E-state index in [2.05, 4.69) is 5.32 Å². The Morgan fingerprint density at radius 2 is 1.54 bits per heavy atom. The van der Waals surface area contributed by atoms with Crippen molar-refractivity contribution in [1.82, 2.24) is 9.62 Å². The average molecular weight is 407 g/mol. The molecule has 28 heavy (non-hydrogen) atoms. The number of hydrogen-bond acceptors (Lipinski definition) is 4. The van der Waals surface area contributed by atoms with E-state index in [4.69, 9.17) is 0 Å². The monoisotopic (exact) mass is 406 g/mol. The Balaban J connectivity index is 1.77. The summed E-state index contributed by atoms with van der Waals surface area (Å²) in [7, 11) is -3.79. The van der Waals surface area contributed by atoms with Crippen molar-refractivity contribution in [2.45, 2.75) is 81.7 Å². The van der Waals surface area contributed by atoms with Crippen molar-refractivity contribution in [3.8, 4) is 0 Å². The molecule has 1 unspecified atom stereocenters. The lowest BCUT2D eigenvalue weighted by Crippen LogP contribution is -2.53. The van der Waals surface area contributed by atoms with Gasteiger partial charge in [-0.15, -0.1) is 0 Å². The van der Waals surface area contributed by atoms with E-state index in [1.54, 1.807) is 0 Å². The second kappa shape index (κ2) is 9.18. The maximum atomic E-state index is 13.2. The molecule has 154 valence electrons. The predicted octanol–water partition coefficient (Wildman–Crippen LogP) is 3.27. The van der Waals surface area contributed by atoms with Crippen LogP contribution in [-0.2, 0) is 14.8 Å². The zero-order valence-corrected chi connectivity index (χ0v) is 17.3. The third-order valence-corrected chi connectivity index (χ3v) is 7.75. The number of hydrogen-bond donors (Lipinski definition) is 1. The Kier molecular flexibility index (Phi) is 6.88. The molecule has 7 heteroatoms. The number of nitrogens with one attached hydrogen (secondary N) is 1. The van der Waals surface area contributed by atoms with Crippen molar-refractivity contribution >= 4 is 21.7 Å². The number of sulfonamides is 1. The minimum Gasteiger partial charge on any atom is -0.352 e. The number of rotatable bonds is 5. The molecule has 0 spiro atoms. The Morgan fingerprint density at radius 1 is 0.929 bits per heavy atom. The normalized spacial score (nSPS) is 22.4. The Bertz CT molecular complexity index is 796. The summed E-state index contributed by atoms with van der Waals surface area (Å²) in [4.78, 5) is 24.5. The quantitative estimate of drug-likeness (QED) is 0.601. The highest BCUT2D eigenvalue weighted by Gasteiger charge is 2.38. The number of nitrogens with zero attached hydrogens (tertiary/aromatic N) is 1. The lowest BCUT2D eigenvalue weighted by molar-refractivity contribution is -0.126. The van der Waals surface area contributed by atoms with Gasteiger partial charge in [0.25, 0.3) is 0 Å². The van der Waals surface area contributed by atoms with E-state index in [0.717, 1.165) is 38.5 Å². The summed E-state index contributed by atoms with van der Waals surface area (Å²) in [5.41, 5.74) is 0.472. The van der Waals surface area contributed by atoms with Gasteiger partial charge in [0.15, 0.2) is 5.78 Å². The second-order valence-corrected chi connectivity index (χ2v) is 9.80. The molecule has 2 aliphatic rings. The van der Waals surface area contributed by atoms with E-state index in [0.29, 0.717) is 18.5 Å². The number of Topliss-reactive ketones (excluding diaryl/α,β-unsaturated/α-hetero) is 1. The second-order valence-electron chi connectivity index (χ2n) is 7.90. The maximum Gasteiger partial charge on any atom is 0.243 e. The molecular formula is C21H30N2O4S. The van der Waals surface area contributed by atoms with E-state index < -0.39 is 16.1 Å². The van der Waals surface area contributed by atoms with Crippen LogP contribution in [0.1, 0.15) is 75.1 Å². The van der Waals surface area contributed by atoms with Gasteiger partial charge >= 0.3 is 0 Å². The lowest BCUT2D eigenvalue weighted by atomic mass is 10.0. The topological polar surface area (TPSA) is 83.6 Å². The SMILES string of the molecule is CC(=O)c1ccc(S(=O)(=O)N2CCCCC2C(=O)NC2CCCCCC2)cc1. The smallest absolute Gasteiger partial charge is 0.243 e. The molecule has 1 aromatic carbocycles. The van der Waals surface area contributed by atoms with E-state index in [9.17, 15) is 18.0 Å². The Hall–Kier alpha value is -1.73. The first-order valence-electron chi connectivity index (χ1n) is 10.3. The summed E-state index contributed by atoms with van der Waals surface area (Å²) >= 11 is 0. The third-order valence-electron chi connectivity index (χ3n) is 5.83. The van der Waals surface area contributed by atoms with Crippen molar-refractivity contribution in [2.24, 2.45) is 0 Å². The summed E-state index contributed by atoms with van der Waals surface area (Å²) in [6.45, 7) is 1.79. The number of piperidine rings is 1.